The lowest BCUT2D eigenvalue weighted by Crippen LogP contribution is -2.10. The van der Waals surface area contributed by atoms with Gasteiger partial charge >= 0.3 is 6.18 Å². The fraction of sp³-hybridized carbons (Fsp3) is 0.231. The fourth-order valence-corrected chi connectivity index (χ4v) is 1.82. The van der Waals surface area contributed by atoms with Crippen molar-refractivity contribution >= 4 is 12.2 Å². The van der Waals surface area contributed by atoms with E-state index >= 15 is 0 Å². The van der Waals surface area contributed by atoms with Gasteiger partial charge in [0, 0.05) is 5.56 Å². The summed E-state index contributed by atoms with van der Waals surface area (Å²) in [5.41, 5.74) is 5.20. The van der Waals surface area contributed by atoms with E-state index in [4.69, 9.17) is 10.5 Å². The molecule has 0 saturated carbocycles. The van der Waals surface area contributed by atoms with Crippen molar-refractivity contribution < 1.29 is 17.9 Å². The second-order valence-corrected chi connectivity index (χ2v) is 4.25. The number of methoxy groups -OCH3 is 1. The first kappa shape index (κ1) is 14.9. The normalized spacial score (nSPS) is 12.0. The largest absolute Gasteiger partial charge is 0.496 e. The Morgan fingerprint density at radius 1 is 1.38 bits per heavy atom. The molecular weight excluding hydrogens is 285 g/mol. The number of ether oxygens (including phenoxy) is 1. The molecule has 5 nitrogen and oxygen atoms in total. The number of alkyl halides is 3. The summed E-state index contributed by atoms with van der Waals surface area (Å²) >= 11 is 0. The number of nitrogens with zero attached hydrogens (tertiary/aromatic N) is 3. The molecule has 0 amide bonds. The quantitative estimate of drug-likeness (QED) is 0.886. The molecule has 0 atom stereocenters. The van der Waals surface area contributed by atoms with E-state index in [1.54, 1.807) is 6.92 Å². The minimum Gasteiger partial charge on any atom is -0.496 e. The van der Waals surface area contributed by atoms with Gasteiger partial charge in [0.05, 0.1) is 30.8 Å². The number of benzene rings is 1. The highest BCUT2D eigenvalue weighted by Gasteiger charge is 2.34. The lowest BCUT2D eigenvalue weighted by Gasteiger charge is -2.13. The van der Waals surface area contributed by atoms with E-state index in [-0.39, 0.29) is 17.3 Å². The summed E-state index contributed by atoms with van der Waals surface area (Å²) < 4.78 is 45.2. The summed E-state index contributed by atoms with van der Waals surface area (Å²) in [6, 6.07) is 3.67. The second-order valence-electron chi connectivity index (χ2n) is 4.25. The third-order valence-electron chi connectivity index (χ3n) is 2.74. The maximum absolute atomic E-state index is 13.0. The Hall–Kier alpha value is -2.51. The SMILES string of the molecule is COc1cccc(C(F)(F)F)c1C=Nn1cc(C)nc1N. The van der Waals surface area contributed by atoms with Crippen LogP contribution < -0.4 is 10.5 Å². The molecule has 0 spiro atoms. The van der Waals surface area contributed by atoms with Crippen molar-refractivity contribution in [2.24, 2.45) is 5.10 Å². The number of anilines is 1. The monoisotopic (exact) mass is 298 g/mol. The maximum Gasteiger partial charge on any atom is 0.417 e. The summed E-state index contributed by atoms with van der Waals surface area (Å²) in [5.74, 6) is 0.163. The molecule has 0 bridgehead atoms. The molecular formula is C13H13F3N4O. The van der Waals surface area contributed by atoms with Gasteiger partial charge in [-0.25, -0.2) is 9.66 Å². The van der Waals surface area contributed by atoms with Crippen LogP contribution in [0.1, 0.15) is 16.8 Å². The zero-order valence-corrected chi connectivity index (χ0v) is 11.3. The van der Waals surface area contributed by atoms with Gasteiger partial charge in [-0.2, -0.15) is 18.3 Å². The van der Waals surface area contributed by atoms with Crippen molar-refractivity contribution in [3.05, 3.63) is 41.2 Å². The van der Waals surface area contributed by atoms with Gasteiger partial charge in [0.1, 0.15) is 5.75 Å². The Labute approximate surface area is 118 Å². The summed E-state index contributed by atoms with van der Waals surface area (Å²) in [7, 11) is 1.29. The van der Waals surface area contributed by atoms with E-state index in [1.807, 2.05) is 0 Å². The van der Waals surface area contributed by atoms with Crippen molar-refractivity contribution in [1.82, 2.24) is 9.66 Å². The van der Waals surface area contributed by atoms with E-state index in [0.29, 0.717) is 5.69 Å². The van der Waals surface area contributed by atoms with E-state index in [9.17, 15) is 13.2 Å². The zero-order chi connectivity index (χ0) is 15.6. The first-order valence-corrected chi connectivity index (χ1v) is 5.93. The molecule has 1 aromatic heterocycles. The van der Waals surface area contributed by atoms with Crippen LogP contribution in [0.5, 0.6) is 5.75 Å². The van der Waals surface area contributed by atoms with Crippen molar-refractivity contribution in [3.63, 3.8) is 0 Å². The third kappa shape index (κ3) is 3.15. The number of nitrogen functional groups attached to an aromatic ring is 1. The predicted octanol–water partition coefficient (Wildman–Crippen LogP) is 2.68. The molecule has 0 fully saturated rings. The highest BCUT2D eigenvalue weighted by Crippen LogP contribution is 2.35. The van der Waals surface area contributed by atoms with Crippen molar-refractivity contribution in [2.45, 2.75) is 13.1 Å². The minimum absolute atomic E-state index is 0.0731. The van der Waals surface area contributed by atoms with Crippen LogP contribution in [0.4, 0.5) is 19.1 Å². The molecule has 21 heavy (non-hydrogen) atoms. The molecule has 0 radical (unpaired) electrons. The summed E-state index contributed by atoms with van der Waals surface area (Å²) in [4.78, 5) is 3.91. The van der Waals surface area contributed by atoms with Gasteiger partial charge in [-0.3, -0.25) is 0 Å². The Balaban J connectivity index is 2.50. The number of aromatic nitrogens is 2. The smallest absolute Gasteiger partial charge is 0.417 e. The molecule has 2 aromatic rings. The molecule has 1 heterocycles. The molecule has 8 heteroatoms. The maximum atomic E-state index is 13.0. The number of hydrogen-bond acceptors (Lipinski definition) is 4. The minimum atomic E-state index is -4.51. The first-order valence-electron chi connectivity index (χ1n) is 5.93. The van der Waals surface area contributed by atoms with E-state index in [0.717, 1.165) is 12.3 Å². The van der Waals surface area contributed by atoms with E-state index in [2.05, 4.69) is 10.1 Å². The van der Waals surface area contributed by atoms with Crippen LogP contribution in [0.25, 0.3) is 0 Å². The molecule has 1 aromatic carbocycles. The molecule has 0 aliphatic rings. The molecule has 112 valence electrons. The molecule has 0 aliphatic heterocycles. The van der Waals surface area contributed by atoms with Gasteiger partial charge < -0.3 is 10.5 Å². The Morgan fingerprint density at radius 2 is 2.10 bits per heavy atom. The van der Waals surface area contributed by atoms with Gasteiger partial charge in [-0.1, -0.05) is 6.07 Å². The first-order chi connectivity index (χ1) is 9.82. The van der Waals surface area contributed by atoms with Gasteiger partial charge in [0.25, 0.3) is 0 Å². The van der Waals surface area contributed by atoms with E-state index in [1.165, 1.54) is 30.1 Å². The van der Waals surface area contributed by atoms with Crippen LogP contribution in [0.15, 0.2) is 29.5 Å². The molecule has 0 aliphatic carbocycles. The molecule has 0 saturated heterocycles. The van der Waals surface area contributed by atoms with Gasteiger partial charge in [0.15, 0.2) is 0 Å². The van der Waals surface area contributed by atoms with Crippen molar-refractivity contribution in [3.8, 4) is 5.75 Å². The van der Waals surface area contributed by atoms with Crippen LogP contribution in [-0.2, 0) is 6.18 Å². The number of hydrogen-bond donors (Lipinski definition) is 1. The number of rotatable bonds is 3. The Bertz CT molecular complexity index is 677. The van der Waals surface area contributed by atoms with Crippen LogP contribution in [-0.4, -0.2) is 23.0 Å². The van der Waals surface area contributed by atoms with Crippen molar-refractivity contribution in [1.29, 1.82) is 0 Å². The lowest BCUT2D eigenvalue weighted by atomic mass is 10.1. The van der Waals surface area contributed by atoms with Gasteiger partial charge in [-0.15, -0.1) is 0 Å². The average molecular weight is 298 g/mol. The van der Waals surface area contributed by atoms with Gasteiger partial charge in [0.2, 0.25) is 5.95 Å². The second kappa shape index (κ2) is 5.47. The topological polar surface area (TPSA) is 65.4 Å². The van der Waals surface area contributed by atoms with E-state index < -0.39 is 11.7 Å². The molecule has 2 rings (SSSR count). The summed E-state index contributed by atoms with van der Waals surface area (Å²) in [5, 5.41) is 3.90. The molecule has 0 unspecified atom stereocenters. The van der Waals surface area contributed by atoms with Crippen molar-refractivity contribution in [2.75, 3.05) is 12.8 Å². The van der Waals surface area contributed by atoms with Crippen LogP contribution in [0, 0.1) is 6.92 Å². The number of imidazole rings is 1. The highest BCUT2D eigenvalue weighted by atomic mass is 19.4. The molecule has 2 N–H and O–H groups in total. The summed E-state index contributed by atoms with van der Waals surface area (Å²) in [6.45, 7) is 1.70. The third-order valence-corrected chi connectivity index (χ3v) is 2.74. The number of halogens is 3. The Morgan fingerprint density at radius 3 is 2.62 bits per heavy atom. The average Bonchev–Trinajstić information content (AvgIpc) is 2.73. The zero-order valence-electron chi connectivity index (χ0n) is 11.3. The van der Waals surface area contributed by atoms with Crippen LogP contribution >= 0.6 is 0 Å². The number of nitrogens with two attached hydrogens (primary N) is 1. The lowest BCUT2D eigenvalue weighted by molar-refractivity contribution is -0.137. The van der Waals surface area contributed by atoms with Gasteiger partial charge in [-0.05, 0) is 19.1 Å². The highest BCUT2D eigenvalue weighted by molar-refractivity contribution is 5.86. The predicted molar refractivity (Wildman–Crippen MR) is 72.4 cm³/mol. The number of aryl methyl sites for hydroxylation is 1. The fourth-order valence-electron chi connectivity index (χ4n) is 1.82. The Kier molecular flexibility index (Phi) is 3.88. The van der Waals surface area contributed by atoms with Crippen LogP contribution in [0.2, 0.25) is 0 Å². The standard InChI is InChI=1S/C13H13F3N4O/c1-8-7-20(12(17)19-8)18-6-9-10(13(14,15)16)4-3-5-11(9)21-2/h3-7H,1-2H3,(H2,17,19). The summed E-state index contributed by atoms with van der Waals surface area (Å²) in [6.07, 6.45) is -1.94. The van der Waals surface area contributed by atoms with Crippen LogP contribution in [0.3, 0.4) is 0 Å².